The lowest BCUT2D eigenvalue weighted by Gasteiger charge is -2.10. The van der Waals surface area contributed by atoms with E-state index in [2.05, 4.69) is 21.5 Å². The van der Waals surface area contributed by atoms with Gasteiger partial charge in [-0.3, -0.25) is 14.3 Å². The SMILES string of the molecule is Cc1nn(Cc2ccc(C#N)cc2)c(C)c1NC(=O)c1cc(C(N)=O)nc2cc(Cl)ccc12. The summed E-state index contributed by atoms with van der Waals surface area (Å²) < 4.78 is 1.78. The number of hydrogen-bond donors (Lipinski definition) is 2. The third kappa shape index (κ3) is 4.40. The quantitative estimate of drug-likeness (QED) is 0.467. The minimum Gasteiger partial charge on any atom is -0.364 e. The zero-order valence-electron chi connectivity index (χ0n) is 17.9. The van der Waals surface area contributed by atoms with Crippen molar-refractivity contribution in [3.8, 4) is 6.07 Å². The summed E-state index contributed by atoms with van der Waals surface area (Å²) in [5.41, 5.74) is 9.58. The number of pyridine rings is 1. The van der Waals surface area contributed by atoms with Gasteiger partial charge in [-0.15, -0.1) is 0 Å². The summed E-state index contributed by atoms with van der Waals surface area (Å²) in [7, 11) is 0. The second-order valence-electron chi connectivity index (χ2n) is 7.55. The molecule has 4 rings (SSSR count). The van der Waals surface area contributed by atoms with Gasteiger partial charge >= 0.3 is 0 Å². The Bertz CT molecular complexity index is 1450. The number of carbonyl (C=O) groups excluding carboxylic acids is 2. The first-order valence-electron chi connectivity index (χ1n) is 10.0. The number of aryl methyl sites for hydroxylation is 1. The number of rotatable bonds is 5. The number of nitrogens with two attached hydrogens (primary N) is 1. The first-order chi connectivity index (χ1) is 15.8. The second kappa shape index (κ2) is 8.73. The smallest absolute Gasteiger partial charge is 0.267 e. The van der Waals surface area contributed by atoms with E-state index < -0.39 is 11.8 Å². The Hall–Kier alpha value is -4.22. The lowest BCUT2D eigenvalue weighted by atomic mass is 10.1. The van der Waals surface area contributed by atoms with E-state index in [9.17, 15) is 9.59 Å². The van der Waals surface area contributed by atoms with E-state index in [-0.39, 0.29) is 11.3 Å². The monoisotopic (exact) mass is 458 g/mol. The van der Waals surface area contributed by atoms with Gasteiger partial charge in [0.25, 0.3) is 11.8 Å². The summed E-state index contributed by atoms with van der Waals surface area (Å²) in [5, 5.41) is 17.4. The highest BCUT2D eigenvalue weighted by atomic mass is 35.5. The van der Waals surface area contributed by atoms with Crippen LogP contribution >= 0.6 is 11.6 Å². The second-order valence-corrected chi connectivity index (χ2v) is 7.98. The van der Waals surface area contributed by atoms with Crippen LogP contribution in [0.3, 0.4) is 0 Å². The van der Waals surface area contributed by atoms with Crippen LogP contribution in [0.2, 0.25) is 5.02 Å². The molecule has 0 fully saturated rings. The Kier molecular flexibility index (Phi) is 5.82. The molecular weight excluding hydrogens is 440 g/mol. The molecule has 0 aliphatic rings. The predicted molar refractivity (Wildman–Crippen MR) is 125 cm³/mol. The molecule has 0 aliphatic carbocycles. The van der Waals surface area contributed by atoms with Crippen molar-refractivity contribution in [3.63, 3.8) is 0 Å². The summed E-state index contributed by atoms with van der Waals surface area (Å²) in [6.45, 7) is 4.15. The van der Waals surface area contributed by atoms with E-state index in [4.69, 9.17) is 22.6 Å². The van der Waals surface area contributed by atoms with Crippen LogP contribution in [0.25, 0.3) is 10.9 Å². The number of nitriles is 1. The highest BCUT2D eigenvalue weighted by Crippen LogP contribution is 2.26. The number of aromatic nitrogens is 3. The van der Waals surface area contributed by atoms with Gasteiger partial charge < -0.3 is 11.1 Å². The molecule has 0 saturated heterocycles. The lowest BCUT2D eigenvalue weighted by molar-refractivity contribution is 0.0996. The van der Waals surface area contributed by atoms with Crippen molar-refractivity contribution in [1.29, 1.82) is 5.26 Å². The van der Waals surface area contributed by atoms with Crippen molar-refractivity contribution < 1.29 is 9.59 Å². The molecular formula is C24H19ClN6O2. The third-order valence-electron chi connectivity index (χ3n) is 5.30. The topological polar surface area (TPSA) is 127 Å². The van der Waals surface area contributed by atoms with E-state index in [1.54, 1.807) is 41.9 Å². The molecule has 0 atom stereocenters. The van der Waals surface area contributed by atoms with Crippen LogP contribution in [-0.2, 0) is 6.54 Å². The van der Waals surface area contributed by atoms with Gasteiger partial charge in [0, 0.05) is 10.4 Å². The van der Waals surface area contributed by atoms with Crippen LogP contribution in [0.4, 0.5) is 5.69 Å². The first kappa shape index (κ1) is 22.0. The summed E-state index contributed by atoms with van der Waals surface area (Å²) in [6, 6.07) is 15.6. The molecule has 0 unspecified atom stereocenters. The average Bonchev–Trinajstić information content (AvgIpc) is 3.05. The maximum Gasteiger partial charge on any atom is 0.267 e. The normalized spacial score (nSPS) is 10.7. The van der Waals surface area contributed by atoms with Crippen molar-refractivity contribution in [3.05, 3.63) is 87.3 Å². The highest BCUT2D eigenvalue weighted by Gasteiger charge is 2.19. The molecule has 0 bridgehead atoms. The summed E-state index contributed by atoms with van der Waals surface area (Å²) in [5.74, 6) is -1.16. The van der Waals surface area contributed by atoms with E-state index in [1.165, 1.54) is 6.07 Å². The van der Waals surface area contributed by atoms with Gasteiger partial charge in [0.2, 0.25) is 0 Å². The number of nitrogens with zero attached hydrogens (tertiary/aromatic N) is 4. The summed E-state index contributed by atoms with van der Waals surface area (Å²) >= 11 is 6.06. The molecule has 33 heavy (non-hydrogen) atoms. The predicted octanol–water partition coefficient (Wildman–Crippen LogP) is 3.97. The number of carbonyl (C=O) groups is 2. The van der Waals surface area contributed by atoms with Crippen LogP contribution < -0.4 is 11.1 Å². The maximum absolute atomic E-state index is 13.2. The van der Waals surface area contributed by atoms with Gasteiger partial charge in [0.1, 0.15) is 5.69 Å². The van der Waals surface area contributed by atoms with Gasteiger partial charge in [-0.05, 0) is 49.7 Å². The van der Waals surface area contributed by atoms with Crippen LogP contribution in [-0.4, -0.2) is 26.6 Å². The maximum atomic E-state index is 13.2. The molecule has 3 N–H and O–H groups in total. The number of fused-ring (bicyclic) bond motifs is 1. The molecule has 164 valence electrons. The number of hydrogen-bond acceptors (Lipinski definition) is 5. The van der Waals surface area contributed by atoms with Crippen LogP contribution in [0, 0.1) is 25.2 Å². The van der Waals surface area contributed by atoms with Crippen LogP contribution in [0.5, 0.6) is 0 Å². The molecule has 4 aromatic rings. The summed E-state index contributed by atoms with van der Waals surface area (Å²) in [6.07, 6.45) is 0. The Morgan fingerprint density at radius 2 is 1.88 bits per heavy atom. The van der Waals surface area contributed by atoms with Crippen molar-refractivity contribution in [2.75, 3.05) is 5.32 Å². The fourth-order valence-electron chi connectivity index (χ4n) is 3.59. The van der Waals surface area contributed by atoms with E-state index in [0.717, 1.165) is 11.3 Å². The Labute approximate surface area is 194 Å². The number of primary amides is 1. The standard InChI is InChI=1S/C24H19ClN6O2/c1-13-22(14(2)31(30-13)12-16-5-3-15(11-26)4-6-16)29-24(33)19-10-21(23(27)32)28-20-9-17(25)7-8-18(19)20/h3-10H,12H2,1-2H3,(H2,27,32)(H,29,33). The molecule has 2 aromatic heterocycles. The summed E-state index contributed by atoms with van der Waals surface area (Å²) in [4.78, 5) is 29.2. The van der Waals surface area contributed by atoms with Crippen LogP contribution in [0.1, 0.15) is 43.4 Å². The molecule has 0 spiro atoms. The molecule has 0 saturated carbocycles. The fraction of sp³-hybridized carbons (Fsp3) is 0.125. The van der Waals surface area contributed by atoms with E-state index >= 15 is 0 Å². The molecule has 2 amide bonds. The number of amides is 2. The molecule has 0 radical (unpaired) electrons. The fourth-order valence-corrected chi connectivity index (χ4v) is 3.75. The lowest BCUT2D eigenvalue weighted by Crippen LogP contribution is -2.18. The zero-order valence-corrected chi connectivity index (χ0v) is 18.6. The minimum absolute atomic E-state index is 0.0279. The third-order valence-corrected chi connectivity index (χ3v) is 5.54. The Balaban J connectivity index is 1.67. The van der Waals surface area contributed by atoms with Gasteiger partial charge in [-0.25, -0.2) is 4.98 Å². The molecule has 2 heterocycles. The van der Waals surface area contributed by atoms with E-state index in [0.29, 0.717) is 39.4 Å². The van der Waals surface area contributed by atoms with E-state index in [1.807, 2.05) is 19.1 Å². The van der Waals surface area contributed by atoms with Gasteiger partial charge in [0.15, 0.2) is 0 Å². The molecule has 0 aliphatic heterocycles. The number of benzene rings is 2. The largest absolute Gasteiger partial charge is 0.364 e. The van der Waals surface area contributed by atoms with Crippen molar-refractivity contribution in [2.24, 2.45) is 5.73 Å². The van der Waals surface area contributed by atoms with Crippen molar-refractivity contribution >= 4 is 40.0 Å². The Morgan fingerprint density at radius 1 is 1.15 bits per heavy atom. The van der Waals surface area contributed by atoms with Crippen molar-refractivity contribution in [2.45, 2.75) is 20.4 Å². The zero-order chi connectivity index (χ0) is 23.7. The molecule has 9 heteroatoms. The van der Waals surface area contributed by atoms with Gasteiger partial charge in [-0.2, -0.15) is 10.4 Å². The Morgan fingerprint density at radius 3 is 2.55 bits per heavy atom. The minimum atomic E-state index is -0.742. The van der Waals surface area contributed by atoms with Gasteiger partial charge in [-0.1, -0.05) is 29.8 Å². The van der Waals surface area contributed by atoms with Crippen molar-refractivity contribution in [1.82, 2.24) is 14.8 Å². The van der Waals surface area contributed by atoms with Gasteiger partial charge in [0.05, 0.1) is 46.3 Å². The molecule has 8 nitrogen and oxygen atoms in total. The number of nitrogens with one attached hydrogen (secondary N) is 1. The number of anilines is 1. The van der Waals surface area contributed by atoms with Crippen LogP contribution in [0.15, 0.2) is 48.5 Å². The first-order valence-corrected chi connectivity index (χ1v) is 10.4. The molecule has 2 aromatic carbocycles. The average molecular weight is 459 g/mol. The number of halogens is 1. The highest BCUT2D eigenvalue weighted by molar-refractivity contribution is 6.31.